The zero-order chi connectivity index (χ0) is 22.1. The third-order valence-corrected chi connectivity index (χ3v) is 6.56. The van der Waals surface area contributed by atoms with Crippen LogP contribution < -0.4 is 10.7 Å². The van der Waals surface area contributed by atoms with Gasteiger partial charge in [-0.15, -0.1) is 10.2 Å². The molecule has 3 aromatic carbocycles. The first-order valence-electron chi connectivity index (χ1n) is 9.85. The van der Waals surface area contributed by atoms with E-state index < -0.39 is 17.1 Å². The van der Waals surface area contributed by atoms with Crippen LogP contribution in [0.3, 0.4) is 0 Å². The summed E-state index contributed by atoms with van der Waals surface area (Å²) < 4.78 is 15.9. The number of aromatic nitrogens is 3. The van der Waals surface area contributed by atoms with Gasteiger partial charge < -0.3 is 10.7 Å². The normalized spacial score (nSPS) is 17.3. The first-order valence-corrected chi connectivity index (χ1v) is 11.1. The highest BCUT2D eigenvalue weighted by Crippen LogP contribution is 2.39. The number of hydrogen-bond acceptors (Lipinski definition) is 5. The lowest BCUT2D eigenvalue weighted by molar-refractivity contribution is -0.116. The van der Waals surface area contributed by atoms with Crippen LogP contribution in [0.15, 0.2) is 84.0 Å². The van der Waals surface area contributed by atoms with Crippen molar-refractivity contribution in [3.05, 3.63) is 95.3 Å². The molecule has 2 atom stereocenters. The molecular formula is C23H17ClFN5OS. The largest absolute Gasteiger partial charge is 0.323 e. The van der Waals surface area contributed by atoms with Crippen molar-refractivity contribution in [2.24, 2.45) is 0 Å². The van der Waals surface area contributed by atoms with E-state index in [1.54, 1.807) is 28.9 Å². The molecule has 0 fully saturated rings. The van der Waals surface area contributed by atoms with Gasteiger partial charge in [0.05, 0.1) is 11.7 Å². The van der Waals surface area contributed by atoms with Gasteiger partial charge in [0.2, 0.25) is 11.1 Å². The lowest BCUT2D eigenvalue weighted by Gasteiger charge is -2.33. The molecule has 1 aliphatic rings. The van der Waals surface area contributed by atoms with Crippen LogP contribution in [0.2, 0.25) is 5.02 Å². The molecule has 0 saturated carbocycles. The smallest absolute Gasteiger partial charge is 0.240 e. The number of carbonyl (C=O) groups excluding carboxylic acids is 1. The van der Waals surface area contributed by atoms with Gasteiger partial charge in [-0.3, -0.25) is 4.79 Å². The molecule has 32 heavy (non-hydrogen) atoms. The molecule has 2 N–H and O–H groups in total. The van der Waals surface area contributed by atoms with Crippen LogP contribution in [0.1, 0.15) is 11.6 Å². The Balaban J connectivity index is 1.52. The van der Waals surface area contributed by atoms with Gasteiger partial charge in [0.25, 0.3) is 0 Å². The van der Waals surface area contributed by atoms with Gasteiger partial charge >= 0.3 is 0 Å². The van der Waals surface area contributed by atoms with Gasteiger partial charge in [0, 0.05) is 10.6 Å². The molecule has 5 rings (SSSR count). The minimum absolute atomic E-state index is 0.130. The standard InChI is InChI=1S/C23H17ClFN5OS/c24-16-12-10-14(11-13-16)19-20(22(31)26-18-9-5-4-8-17(18)25)32-23-28-27-21(30(23)29-19)15-6-2-1-3-7-15/h1-13,19-20,29H,(H,26,31)/t19-,20+/m0/s1. The molecule has 0 bridgehead atoms. The number of fused-ring (bicyclic) bond motifs is 1. The minimum atomic E-state index is -0.629. The van der Waals surface area contributed by atoms with Gasteiger partial charge in [0.15, 0.2) is 5.82 Å². The molecular weight excluding hydrogens is 449 g/mol. The molecule has 0 radical (unpaired) electrons. The summed E-state index contributed by atoms with van der Waals surface area (Å²) >= 11 is 7.34. The van der Waals surface area contributed by atoms with Crippen LogP contribution in [-0.2, 0) is 4.79 Å². The molecule has 9 heteroatoms. The molecule has 2 heterocycles. The summed E-state index contributed by atoms with van der Waals surface area (Å²) in [7, 11) is 0. The van der Waals surface area contributed by atoms with Crippen molar-refractivity contribution >= 4 is 35.0 Å². The maximum absolute atomic E-state index is 14.1. The number of para-hydroxylation sites is 1. The van der Waals surface area contributed by atoms with Crippen LogP contribution in [0, 0.1) is 5.82 Å². The van der Waals surface area contributed by atoms with E-state index in [1.807, 2.05) is 42.5 Å². The molecule has 1 amide bonds. The highest BCUT2D eigenvalue weighted by Gasteiger charge is 2.38. The highest BCUT2D eigenvalue weighted by molar-refractivity contribution is 8.00. The van der Waals surface area contributed by atoms with Crippen molar-refractivity contribution < 1.29 is 9.18 Å². The predicted octanol–water partition coefficient (Wildman–Crippen LogP) is 5.14. The van der Waals surface area contributed by atoms with Crippen LogP contribution in [-0.4, -0.2) is 26.0 Å². The summed E-state index contributed by atoms with van der Waals surface area (Å²) in [6, 6.07) is 22.6. The van der Waals surface area contributed by atoms with E-state index >= 15 is 0 Å². The first-order chi connectivity index (χ1) is 15.6. The van der Waals surface area contributed by atoms with Crippen LogP contribution in [0.5, 0.6) is 0 Å². The molecule has 0 aliphatic carbocycles. The molecule has 0 unspecified atom stereocenters. The molecule has 0 saturated heterocycles. The van der Waals surface area contributed by atoms with Crippen molar-refractivity contribution in [1.29, 1.82) is 0 Å². The third-order valence-electron chi connectivity index (χ3n) is 5.09. The van der Waals surface area contributed by atoms with Gasteiger partial charge in [-0.25, -0.2) is 9.07 Å². The maximum Gasteiger partial charge on any atom is 0.240 e. The van der Waals surface area contributed by atoms with Crippen LogP contribution in [0.4, 0.5) is 10.1 Å². The summed E-state index contributed by atoms with van der Waals surface area (Å²) in [6.07, 6.45) is 0. The second kappa shape index (κ2) is 8.64. The fraction of sp³-hybridized carbons (Fsp3) is 0.0870. The average molecular weight is 466 g/mol. The first kappa shape index (κ1) is 20.5. The van der Waals surface area contributed by atoms with Crippen molar-refractivity contribution in [3.63, 3.8) is 0 Å². The lowest BCUT2D eigenvalue weighted by atomic mass is 10.0. The number of nitrogens with zero attached hydrogens (tertiary/aromatic N) is 3. The second-order valence-electron chi connectivity index (χ2n) is 7.17. The Labute approximate surface area is 192 Å². The van der Waals surface area contributed by atoms with Crippen LogP contribution in [0.25, 0.3) is 11.4 Å². The fourth-order valence-corrected chi connectivity index (χ4v) is 4.72. The zero-order valence-electron chi connectivity index (χ0n) is 16.6. The number of nitrogens with one attached hydrogen (secondary N) is 2. The zero-order valence-corrected chi connectivity index (χ0v) is 18.1. The van der Waals surface area contributed by atoms with Crippen molar-refractivity contribution in [2.75, 3.05) is 10.7 Å². The quantitative estimate of drug-likeness (QED) is 0.437. The van der Waals surface area contributed by atoms with E-state index in [9.17, 15) is 9.18 Å². The van der Waals surface area contributed by atoms with E-state index in [4.69, 9.17) is 11.6 Å². The van der Waals surface area contributed by atoms with E-state index in [-0.39, 0.29) is 11.6 Å². The number of carbonyl (C=O) groups is 1. The number of rotatable bonds is 4. The number of thioether (sulfide) groups is 1. The number of anilines is 1. The van der Waals surface area contributed by atoms with Crippen molar-refractivity contribution in [2.45, 2.75) is 16.4 Å². The Kier molecular flexibility index (Phi) is 5.55. The second-order valence-corrected chi connectivity index (χ2v) is 8.72. The topological polar surface area (TPSA) is 71.8 Å². The Hall–Kier alpha value is -3.36. The van der Waals surface area contributed by atoms with E-state index in [0.717, 1.165) is 11.1 Å². The lowest BCUT2D eigenvalue weighted by Crippen LogP contribution is -2.41. The summed E-state index contributed by atoms with van der Waals surface area (Å²) in [5.41, 5.74) is 5.26. The van der Waals surface area contributed by atoms with Gasteiger partial charge in [-0.2, -0.15) is 0 Å². The van der Waals surface area contributed by atoms with Gasteiger partial charge in [-0.05, 0) is 29.8 Å². The highest BCUT2D eigenvalue weighted by atomic mass is 35.5. The van der Waals surface area contributed by atoms with E-state index in [0.29, 0.717) is 16.0 Å². The number of halogens is 2. The SMILES string of the molecule is O=C(Nc1ccccc1F)[C@@H]1Sc2nnc(-c3ccccc3)n2N[C@H]1c1ccc(Cl)cc1. The molecule has 0 spiro atoms. The Morgan fingerprint density at radius 2 is 1.72 bits per heavy atom. The Morgan fingerprint density at radius 1 is 1.00 bits per heavy atom. The monoisotopic (exact) mass is 465 g/mol. The number of hydrogen-bond donors (Lipinski definition) is 2. The summed E-state index contributed by atoms with van der Waals surface area (Å²) in [6.45, 7) is 0. The van der Waals surface area contributed by atoms with Gasteiger partial charge in [0.1, 0.15) is 11.1 Å². The predicted molar refractivity (Wildman–Crippen MR) is 124 cm³/mol. The van der Waals surface area contributed by atoms with E-state index in [2.05, 4.69) is 20.9 Å². The van der Waals surface area contributed by atoms with E-state index in [1.165, 1.54) is 23.9 Å². The average Bonchev–Trinajstić information content (AvgIpc) is 3.24. The fourth-order valence-electron chi connectivity index (χ4n) is 3.52. The van der Waals surface area contributed by atoms with Crippen molar-refractivity contribution in [1.82, 2.24) is 14.9 Å². The molecule has 1 aliphatic heterocycles. The van der Waals surface area contributed by atoms with Crippen LogP contribution >= 0.6 is 23.4 Å². The van der Waals surface area contributed by atoms with Crippen molar-refractivity contribution in [3.8, 4) is 11.4 Å². The number of amides is 1. The minimum Gasteiger partial charge on any atom is -0.323 e. The summed E-state index contributed by atoms with van der Waals surface area (Å²) in [5, 5.41) is 11.8. The molecule has 1 aromatic heterocycles. The maximum atomic E-state index is 14.1. The Bertz CT molecular complexity index is 1270. The summed E-state index contributed by atoms with van der Waals surface area (Å²) in [4.78, 5) is 13.2. The third kappa shape index (κ3) is 3.94. The number of benzene rings is 3. The van der Waals surface area contributed by atoms with Gasteiger partial charge in [-0.1, -0.05) is 78.0 Å². The Morgan fingerprint density at radius 3 is 2.47 bits per heavy atom. The molecule has 160 valence electrons. The molecule has 6 nitrogen and oxygen atoms in total. The molecule has 4 aromatic rings. The summed E-state index contributed by atoms with van der Waals surface area (Å²) in [5.74, 6) is -0.199.